The summed E-state index contributed by atoms with van der Waals surface area (Å²) in [4.78, 5) is 10.3. The van der Waals surface area contributed by atoms with Gasteiger partial charge in [-0.05, 0) is 11.5 Å². The maximum Gasteiger partial charge on any atom is 0.636 e. The lowest BCUT2D eigenvalue weighted by atomic mass is 10.9. The lowest BCUT2D eigenvalue weighted by Crippen LogP contribution is -1.96. The van der Waals surface area contributed by atoms with E-state index in [9.17, 15) is 13.8 Å². The molecule has 0 radical (unpaired) electrons. The maximum absolute atomic E-state index is 11.2. The van der Waals surface area contributed by atoms with Gasteiger partial charge in [-0.3, -0.25) is 0 Å². The Labute approximate surface area is 58.2 Å². The predicted octanol–water partition coefficient (Wildman–Crippen LogP) is 1.83. The zero-order valence-electron chi connectivity index (χ0n) is 5.37. The van der Waals surface area contributed by atoms with E-state index in [0.29, 0.717) is 0 Å². The molecule has 0 spiro atoms. The highest BCUT2D eigenvalue weighted by atomic mass is 31.1. The second-order valence-electron chi connectivity index (χ2n) is 1.19. The van der Waals surface area contributed by atoms with Crippen molar-refractivity contribution < 1.29 is 23.0 Å². The van der Waals surface area contributed by atoms with Crippen molar-refractivity contribution >= 4 is 13.7 Å². The average molecular weight is 169 g/mol. The van der Waals surface area contributed by atoms with Gasteiger partial charge < -0.3 is 4.74 Å². The summed E-state index contributed by atoms with van der Waals surface area (Å²) in [6.45, 7) is 0.430. The van der Waals surface area contributed by atoms with E-state index in [1.165, 1.54) is 0 Å². The monoisotopic (exact) mass is 169 g/mol. The Bertz CT molecular complexity index is 121. The van der Waals surface area contributed by atoms with Crippen LogP contribution in [0.15, 0.2) is 0 Å². The van der Waals surface area contributed by atoms with Gasteiger partial charge in [0.1, 0.15) is 6.61 Å². The Morgan fingerprint density at radius 3 is 2.70 bits per heavy atom. The van der Waals surface area contributed by atoms with Crippen LogP contribution in [0, 0.1) is 0 Å². The van der Waals surface area contributed by atoms with Crippen molar-refractivity contribution in [1.82, 2.24) is 0 Å². The van der Waals surface area contributed by atoms with E-state index in [-0.39, 0.29) is 6.61 Å². The largest absolute Gasteiger partial charge is 0.636 e. The number of hydrogen-bond acceptors (Lipinski definition) is 4. The van der Waals surface area contributed by atoms with Gasteiger partial charge in [-0.2, -0.15) is 4.79 Å². The van der Waals surface area contributed by atoms with Crippen molar-refractivity contribution in [2.24, 2.45) is 0 Å². The van der Waals surface area contributed by atoms with Gasteiger partial charge in [-0.25, -0.2) is 4.39 Å². The van der Waals surface area contributed by atoms with Crippen LogP contribution < -0.4 is 0 Å². The SMILES string of the molecule is CCO[P+](=O)C(=O)OCF. The van der Waals surface area contributed by atoms with Crippen LogP contribution >= 0.6 is 8.03 Å². The van der Waals surface area contributed by atoms with Gasteiger partial charge in [0, 0.05) is 0 Å². The lowest BCUT2D eigenvalue weighted by Gasteiger charge is -1.84. The first-order valence-electron chi connectivity index (χ1n) is 2.55. The average Bonchev–Trinajstić information content (AvgIpc) is 1.89. The first-order valence-corrected chi connectivity index (χ1v) is 3.73. The quantitative estimate of drug-likeness (QED) is 0.602. The van der Waals surface area contributed by atoms with Crippen molar-refractivity contribution in [3.05, 3.63) is 0 Å². The van der Waals surface area contributed by atoms with Crippen LogP contribution in [0.5, 0.6) is 0 Å². The number of rotatable bonds is 4. The number of hydrogen-bond donors (Lipinski definition) is 0. The fourth-order valence-electron chi connectivity index (χ4n) is 0.269. The van der Waals surface area contributed by atoms with Crippen molar-refractivity contribution in [2.75, 3.05) is 13.5 Å². The van der Waals surface area contributed by atoms with E-state index in [2.05, 4.69) is 9.26 Å². The molecule has 0 saturated carbocycles. The van der Waals surface area contributed by atoms with Gasteiger partial charge in [0.2, 0.25) is 6.86 Å². The summed E-state index contributed by atoms with van der Waals surface area (Å²) >= 11 is 0. The molecule has 0 N–H and O–H groups in total. The first-order chi connectivity index (χ1) is 4.72. The third-order valence-corrected chi connectivity index (χ3v) is 1.49. The Morgan fingerprint density at radius 2 is 2.30 bits per heavy atom. The Kier molecular flexibility index (Phi) is 4.98. The molecule has 58 valence electrons. The van der Waals surface area contributed by atoms with Crippen molar-refractivity contribution in [3.8, 4) is 0 Å². The van der Waals surface area contributed by atoms with E-state index in [1.54, 1.807) is 6.92 Å². The molecule has 0 aliphatic rings. The molecule has 0 heterocycles. The summed E-state index contributed by atoms with van der Waals surface area (Å²) in [7, 11) is -2.50. The second-order valence-corrected chi connectivity index (χ2v) is 2.33. The molecule has 0 aliphatic heterocycles. The van der Waals surface area contributed by atoms with Crippen LogP contribution in [0.3, 0.4) is 0 Å². The normalized spacial score (nSPS) is 10.8. The van der Waals surface area contributed by atoms with E-state index in [0.717, 1.165) is 0 Å². The Morgan fingerprint density at radius 1 is 1.70 bits per heavy atom. The number of alkyl halides is 1. The van der Waals surface area contributed by atoms with E-state index >= 15 is 0 Å². The molecule has 4 nitrogen and oxygen atoms in total. The number of ether oxygens (including phenoxy) is 1. The molecule has 0 saturated heterocycles. The lowest BCUT2D eigenvalue weighted by molar-refractivity contribution is 0.117. The summed E-state index contributed by atoms with van der Waals surface area (Å²) in [5.41, 5.74) is -1.15. The number of halogens is 1. The minimum absolute atomic E-state index is 0.136. The third-order valence-electron chi connectivity index (χ3n) is 0.573. The van der Waals surface area contributed by atoms with E-state index < -0.39 is 20.6 Å². The fraction of sp³-hybridized carbons (Fsp3) is 0.750. The van der Waals surface area contributed by atoms with Gasteiger partial charge in [0.15, 0.2) is 0 Å². The highest BCUT2D eigenvalue weighted by Gasteiger charge is 2.32. The summed E-state index contributed by atoms with van der Waals surface area (Å²) in [6, 6.07) is 0. The summed E-state index contributed by atoms with van der Waals surface area (Å²) in [5, 5.41) is 0. The van der Waals surface area contributed by atoms with E-state index in [4.69, 9.17) is 0 Å². The zero-order valence-corrected chi connectivity index (χ0v) is 6.27. The highest BCUT2D eigenvalue weighted by molar-refractivity contribution is 7.58. The smallest absolute Gasteiger partial charge is 0.393 e. The molecule has 0 aromatic carbocycles. The third kappa shape index (κ3) is 3.48. The standard InChI is InChI=1S/C4H7FO4P/c1-2-9-10(7)4(6)8-3-5/h2-3H2,1H3/q+1. The molecule has 0 fully saturated rings. The minimum Gasteiger partial charge on any atom is -0.393 e. The van der Waals surface area contributed by atoms with Gasteiger partial charge in [0.25, 0.3) is 0 Å². The molecule has 1 unspecified atom stereocenters. The van der Waals surface area contributed by atoms with Gasteiger partial charge in [-0.1, -0.05) is 0 Å². The van der Waals surface area contributed by atoms with Crippen LogP contribution in [-0.4, -0.2) is 19.2 Å². The first kappa shape index (κ1) is 9.46. The fourth-order valence-corrected chi connectivity index (χ4v) is 0.763. The molecule has 1 atom stereocenters. The van der Waals surface area contributed by atoms with Crippen LogP contribution in [0.2, 0.25) is 0 Å². The minimum atomic E-state index is -2.50. The van der Waals surface area contributed by atoms with Crippen LogP contribution in [0.25, 0.3) is 0 Å². The molecule has 0 rings (SSSR count). The summed E-state index contributed by atoms with van der Waals surface area (Å²) < 4.78 is 29.7. The Hall–Kier alpha value is -0.540. The highest BCUT2D eigenvalue weighted by Crippen LogP contribution is 2.24. The van der Waals surface area contributed by atoms with Crippen LogP contribution in [0.1, 0.15) is 6.92 Å². The van der Waals surface area contributed by atoms with Crippen molar-refractivity contribution in [3.63, 3.8) is 0 Å². The number of carbonyl (C=O) groups excluding carboxylic acids is 1. The number of carbonyl (C=O) groups is 1. The second kappa shape index (κ2) is 5.26. The topological polar surface area (TPSA) is 52.6 Å². The maximum atomic E-state index is 11.2. The van der Waals surface area contributed by atoms with Crippen LogP contribution in [-0.2, 0) is 13.8 Å². The molecule has 0 aromatic heterocycles. The summed E-state index contributed by atoms with van der Waals surface area (Å²) in [5.74, 6) is 0. The molecule has 0 amide bonds. The molecule has 0 aliphatic carbocycles. The molecule has 10 heavy (non-hydrogen) atoms. The van der Waals surface area contributed by atoms with Gasteiger partial charge in [-0.15, -0.1) is 4.52 Å². The molecule has 6 heteroatoms. The van der Waals surface area contributed by atoms with Crippen molar-refractivity contribution in [1.29, 1.82) is 0 Å². The van der Waals surface area contributed by atoms with Gasteiger partial charge >= 0.3 is 13.7 Å². The summed E-state index contributed by atoms with van der Waals surface area (Å²) in [6.07, 6.45) is 0. The van der Waals surface area contributed by atoms with Gasteiger partial charge in [0.05, 0.1) is 0 Å². The molecular weight excluding hydrogens is 162 g/mol. The zero-order chi connectivity index (χ0) is 7.98. The van der Waals surface area contributed by atoms with E-state index in [1.807, 2.05) is 0 Å². The predicted molar refractivity (Wildman–Crippen MR) is 31.7 cm³/mol. The van der Waals surface area contributed by atoms with Crippen molar-refractivity contribution in [2.45, 2.75) is 6.92 Å². The Balaban J connectivity index is 3.60. The molecule has 0 bridgehead atoms. The van der Waals surface area contributed by atoms with Crippen LogP contribution in [0.4, 0.5) is 9.18 Å². The molecular formula is C4H7FO4P+. The molecule has 0 aromatic rings.